The molecule has 0 fully saturated rings. The van der Waals surface area contributed by atoms with E-state index in [1.807, 2.05) is 0 Å². The van der Waals surface area contributed by atoms with Gasteiger partial charge >= 0.3 is 0 Å². The molecule has 1 heterocycles. The summed E-state index contributed by atoms with van der Waals surface area (Å²) in [5.74, 6) is 0.395. The Bertz CT molecular complexity index is 761. The van der Waals surface area contributed by atoms with Gasteiger partial charge in [0.15, 0.2) is 6.61 Å². The predicted octanol–water partition coefficient (Wildman–Crippen LogP) is 3.73. The maximum Gasteiger partial charge on any atom is 0.265 e. The van der Waals surface area contributed by atoms with Crippen molar-refractivity contribution in [3.8, 4) is 5.75 Å². The highest BCUT2D eigenvalue weighted by Gasteiger charge is 2.26. The van der Waals surface area contributed by atoms with Crippen LogP contribution < -0.4 is 9.64 Å². The Kier molecular flexibility index (Phi) is 4.05. The van der Waals surface area contributed by atoms with Gasteiger partial charge in [-0.25, -0.2) is 0 Å². The van der Waals surface area contributed by atoms with Crippen LogP contribution in [0.2, 0.25) is 10.0 Å². The molecule has 22 heavy (non-hydrogen) atoms. The zero-order valence-corrected chi connectivity index (χ0v) is 12.9. The number of hydrogen-bond donors (Lipinski definition) is 0. The molecule has 6 heteroatoms. The smallest absolute Gasteiger partial charge is 0.265 e. The second-order valence-electron chi connectivity index (χ2n) is 4.86. The summed E-state index contributed by atoms with van der Waals surface area (Å²) in [5.41, 5.74) is 1.90. The summed E-state index contributed by atoms with van der Waals surface area (Å²) in [5, 5.41) is 0.893. The number of carbonyl (C=O) groups excluding carboxylic acids is 2. The van der Waals surface area contributed by atoms with Crippen LogP contribution in [0, 0.1) is 0 Å². The van der Waals surface area contributed by atoms with Crippen LogP contribution >= 0.6 is 23.2 Å². The maximum atomic E-state index is 12.2. The van der Waals surface area contributed by atoms with Gasteiger partial charge in [-0.2, -0.15) is 0 Å². The molecule has 0 bridgehead atoms. The lowest BCUT2D eigenvalue weighted by atomic mass is 10.1. The lowest BCUT2D eigenvalue weighted by molar-refractivity contribution is -0.121. The Balaban J connectivity index is 1.97. The number of amides is 1. The van der Waals surface area contributed by atoms with E-state index in [-0.39, 0.29) is 12.5 Å². The van der Waals surface area contributed by atoms with Gasteiger partial charge in [0, 0.05) is 5.56 Å². The lowest BCUT2D eigenvalue weighted by Gasteiger charge is -2.29. The van der Waals surface area contributed by atoms with Gasteiger partial charge in [0.1, 0.15) is 12.0 Å². The molecule has 1 aliphatic rings. The van der Waals surface area contributed by atoms with Gasteiger partial charge in [0.25, 0.3) is 5.91 Å². The van der Waals surface area contributed by atoms with Crippen molar-refractivity contribution in [1.82, 2.24) is 0 Å². The van der Waals surface area contributed by atoms with E-state index in [9.17, 15) is 9.59 Å². The van der Waals surface area contributed by atoms with E-state index < -0.39 is 0 Å². The number of aldehydes is 1. The van der Waals surface area contributed by atoms with E-state index in [1.165, 1.54) is 0 Å². The Labute approximate surface area is 137 Å². The van der Waals surface area contributed by atoms with Gasteiger partial charge < -0.3 is 9.64 Å². The Morgan fingerprint density at radius 3 is 2.68 bits per heavy atom. The van der Waals surface area contributed by atoms with Crippen molar-refractivity contribution in [2.45, 2.75) is 6.54 Å². The summed E-state index contributed by atoms with van der Waals surface area (Å²) in [4.78, 5) is 24.7. The first-order chi connectivity index (χ1) is 10.6. The van der Waals surface area contributed by atoms with Crippen LogP contribution in [0.4, 0.5) is 5.69 Å². The van der Waals surface area contributed by atoms with E-state index >= 15 is 0 Å². The molecule has 0 radical (unpaired) electrons. The fourth-order valence-electron chi connectivity index (χ4n) is 2.29. The standard InChI is InChI=1S/C16H11Cl2NO3/c17-12-3-1-10(5-13(12)18)7-19-14-6-11(8-20)2-4-15(14)22-9-16(19)21/h1-6,8H,7,9H2. The first-order valence-corrected chi connectivity index (χ1v) is 7.30. The van der Waals surface area contributed by atoms with Crippen LogP contribution in [-0.4, -0.2) is 18.8 Å². The molecule has 0 N–H and O–H groups in total. The highest BCUT2D eigenvalue weighted by molar-refractivity contribution is 6.42. The molecule has 2 aromatic rings. The molecule has 2 aromatic carbocycles. The fourth-order valence-corrected chi connectivity index (χ4v) is 2.61. The van der Waals surface area contributed by atoms with Gasteiger partial charge in [-0.05, 0) is 35.9 Å². The molecule has 4 nitrogen and oxygen atoms in total. The molecule has 0 aliphatic carbocycles. The van der Waals surface area contributed by atoms with Gasteiger partial charge in [0.05, 0.1) is 22.3 Å². The number of carbonyl (C=O) groups is 2. The summed E-state index contributed by atoms with van der Waals surface area (Å²) in [6, 6.07) is 10.2. The van der Waals surface area contributed by atoms with Gasteiger partial charge in [0.2, 0.25) is 0 Å². The van der Waals surface area contributed by atoms with Crippen molar-refractivity contribution in [1.29, 1.82) is 0 Å². The summed E-state index contributed by atoms with van der Waals surface area (Å²) >= 11 is 11.9. The quantitative estimate of drug-likeness (QED) is 0.803. The van der Waals surface area contributed by atoms with E-state index in [0.29, 0.717) is 33.6 Å². The fraction of sp³-hybridized carbons (Fsp3) is 0.125. The minimum absolute atomic E-state index is 0.0330. The highest BCUT2D eigenvalue weighted by atomic mass is 35.5. The molecular weight excluding hydrogens is 325 g/mol. The van der Waals surface area contributed by atoms with Crippen molar-refractivity contribution in [3.63, 3.8) is 0 Å². The van der Waals surface area contributed by atoms with Gasteiger partial charge in [-0.1, -0.05) is 29.3 Å². The summed E-state index contributed by atoms with van der Waals surface area (Å²) in [7, 11) is 0. The normalized spacial score (nSPS) is 13.5. The van der Waals surface area contributed by atoms with E-state index in [1.54, 1.807) is 41.3 Å². The first kappa shape index (κ1) is 14.9. The summed E-state index contributed by atoms with van der Waals surface area (Å²) < 4.78 is 5.39. The highest BCUT2D eigenvalue weighted by Crippen LogP contribution is 2.34. The molecule has 3 rings (SSSR count). The van der Waals surface area contributed by atoms with E-state index in [0.717, 1.165) is 11.8 Å². The predicted molar refractivity (Wildman–Crippen MR) is 85.0 cm³/mol. The van der Waals surface area contributed by atoms with E-state index in [2.05, 4.69) is 0 Å². The number of anilines is 1. The molecule has 1 aliphatic heterocycles. The number of halogens is 2. The van der Waals surface area contributed by atoms with Crippen molar-refractivity contribution < 1.29 is 14.3 Å². The Morgan fingerprint density at radius 2 is 1.95 bits per heavy atom. The average molecular weight is 336 g/mol. The van der Waals surface area contributed by atoms with Crippen molar-refractivity contribution >= 4 is 41.1 Å². The van der Waals surface area contributed by atoms with Crippen LogP contribution in [0.15, 0.2) is 36.4 Å². The third-order valence-corrected chi connectivity index (χ3v) is 4.13. The minimum Gasteiger partial charge on any atom is -0.482 e. The molecule has 0 unspecified atom stereocenters. The number of nitrogens with zero attached hydrogens (tertiary/aromatic N) is 1. The minimum atomic E-state index is -0.179. The first-order valence-electron chi connectivity index (χ1n) is 6.55. The van der Waals surface area contributed by atoms with Crippen LogP contribution in [0.1, 0.15) is 15.9 Å². The molecule has 0 saturated heterocycles. The number of ether oxygens (including phenoxy) is 1. The molecule has 0 atom stereocenters. The van der Waals surface area contributed by atoms with Crippen molar-refractivity contribution in [3.05, 3.63) is 57.6 Å². The number of benzene rings is 2. The molecule has 0 spiro atoms. The molecule has 112 valence electrons. The maximum absolute atomic E-state index is 12.2. The number of fused-ring (bicyclic) bond motifs is 1. The third-order valence-electron chi connectivity index (χ3n) is 3.39. The molecule has 1 amide bonds. The summed E-state index contributed by atoms with van der Waals surface area (Å²) in [6.07, 6.45) is 0.733. The second-order valence-corrected chi connectivity index (χ2v) is 5.68. The topological polar surface area (TPSA) is 46.6 Å². The Morgan fingerprint density at radius 1 is 1.14 bits per heavy atom. The molecule has 0 aromatic heterocycles. The Hall–Kier alpha value is -2.04. The lowest BCUT2D eigenvalue weighted by Crippen LogP contribution is -2.38. The van der Waals surface area contributed by atoms with Crippen LogP contribution in [-0.2, 0) is 11.3 Å². The zero-order valence-electron chi connectivity index (χ0n) is 11.4. The van der Waals surface area contributed by atoms with Crippen molar-refractivity contribution in [2.24, 2.45) is 0 Å². The van der Waals surface area contributed by atoms with Crippen LogP contribution in [0.3, 0.4) is 0 Å². The average Bonchev–Trinajstić information content (AvgIpc) is 2.53. The van der Waals surface area contributed by atoms with Crippen molar-refractivity contribution in [2.75, 3.05) is 11.5 Å². The van der Waals surface area contributed by atoms with Crippen LogP contribution in [0.5, 0.6) is 5.75 Å². The molecular formula is C16H11Cl2NO3. The molecule has 0 saturated carbocycles. The van der Waals surface area contributed by atoms with Gasteiger partial charge in [-0.3, -0.25) is 9.59 Å². The summed E-state index contributed by atoms with van der Waals surface area (Å²) in [6.45, 7) is 0.295. The van der Waals surface area contributed by atoms with E-state index in [4.69, 9.17) is 27.9 Å². The largest absolute Gasteiger partial charge is 0.482 e. The van der Waals surface area contributed by atoms with Crippen LogP contribution in [0.25, 0.3) is 0 Å². The zero-order chi connectivity index (χ0) is 15.7. The monoisotopic (exact) mass is 335 g/mol. The SMILES string of the molecule is O=Cc1ccc2c(c1)N(Cc1ccc(Cl)c(Cl)c1)C(=O)CO2. The number of rotatable bonds is 3. The second kappa shape index (κ2) is 5.99. The van der Waals surface area contributed by atoms with Gasteiger partial charge in [-0.15, -0.1) is 0 Å². The third kappa shape index (κ3) is 2.80. The number of hydrogen-bond acceptors (Lipinski definition) is 3.